The Morgan fingerprint density at radius 1 is 1.05 bits per heavy atom. The van der Waals surface area contributed by atoms with Gasteiger partial charge in [-0.05, 0) is 72.5 Å². The van der Waals surface area contributed by atoms with Gasteiger partial charge in [0.05, 0.1) is 6.54 Å². The van der Waals surface area contributed by atoms with Crippen LogP contribution in [0.2, 0.25) is 0 Å². The lowest BCUT2D eigenvalue weighted by molar-refractivity contribution is 0.0925. The highest BCUT2D eigenvalue weighted by Gasteiger charge is 2.27. The molecule has 37 heavy (non-hydrogen) atoms. The fraction of sp³-hybridized carbons (Fsp3) is 0.300. The highest BCUT2D eigenvalue weighted by atomic mass is 16.5. The first kappa shape index (κ1) is 24.7. The Labute approximate surface area is 217 Å². The summed E-state index contributed by atoms with van der Waals surface area (Å²) in [6, 6.07) is 18.4. The lowest BCUT2D eigenvalue weighted by atomic mass is 9.93. The molecule has 2 aromatic heterocycles. The number of fused-ring (bicyclic) bond motifs is 1. The summed E-state index contributed by atoms with van der Waals surface area (Å²) in [6.45, 7) is 7.13. The number of likely N-dealkylation sites (N-methyl/N-ethyl adjacent to an activating group) is 1. The van der Waals surface area contributed by atoms with Gasteiger partial charge in [0.25, 0.3) is 5.91 Å². The monoisotopic (exact) mass is 495 g/mol. The van der Waals surface area contributed by atoms with Crippen molar-refractivity contribution in [1.29, 1.82) is 0 Å². The summed E-state index contributed by atoms with van der Waals surface area (Å²) in [4.78, 5) is 16.9. The molecule has 0 unspecified atom stereocenters. The van der Waals surface area contributed by atoms with Crippen molar-refractivity contribution in [3.8, 4) is 28.1 Å². The standard InChI is InChI=1S/C30H33N5O2/c1-20(2)26-9-4-21(18-24(26)10-13-31-3)19-37-25-7-5-22(6-8-25)27-28(23-11-14-32-15-12-23)34-35-17-16-33-30(36)29(27)35/h4-9,11-12,14-15,18,20,31H,10,13,16-17,19H2,1-3H3,(H,33,36). The zero-order valence-electron chi connectivity index (χ0n) is 21.6. The van der Waals surface area contributed by atoms with Gasteiger partial charge in [-0.15, -0.1) is 0 Å². The van der Waals surface area contributed by atoms with E-state index in [4.69, 9.17) is 9.84 Å². The summed E-state index contributed by atoms with van der Waals surface area (Å²) in [5.41, 5.74) is 7.96. The summed E-state index contributed by atoms with van der Waals surface area (Å²) < 4.78 is 7.96. The van der Waals surface area contributed by atoms with E-state index < -0.39 is 0 Å². The van der Waals surface area contributed by atoms with E-state index in [1.165, 1.54) is 11.1 Å². The first-order chi connectivity index (χ1) is 18.0. The van der Waals surface area contributed by atoms with Gasteiger partial charge in [0.15, 0.2) is 0 Å². The second kappa shape index (κ2) is 11.0. The zero-order valence-corrected chi connectivity index (χ0v) is 21.6. The normalized spacial score (nSPS) is 12.9. The number of rotatable bonds is 9. The number of aromatic nitrogens is 3. The molecule has 1 aliphatic heterocycles. The summed E-state index contributed by atoms with van der Waals surface area (Å²) in [7, 11) is 1.98. The Morgan fingerprint density at radius 3 is 2.57 bits per heavy atom. The van der Waals surface area contributed by atoms with Gasteiger partial charge < -0.3 is 15.4 Å². The Kier molecular flexibility index (Phi) is 7.32. The number of ether oxygens (including phenoxy) is 1. The van der Waals surface area contributed by atoms with Crippen LogP contribution in [0.1, 0.15) is 46.9 Å². The third-order valence-electron chi connectivity index (χ3n) is 6.75. The first-order valence-electron chi connectivity index (χ1n) is 12.8. The van der Waals surface area contributed by atoms with Crippen LogP contribution in [0.4, 0.5) is 0 Å². The molecule has 0 fully saturated rings. The molecule has 1 amide bonds. The van der Waals surface area contributed by atoms with Gasteiger partial charge in [-0.1, -0.05) is 44.2 Å². The van der Waals surface area contributed by atoms with Gasteiger partial charge >= 0.3 is 0 Å². The number of benzene rings is 2. The van der Waals surface area contributed by atoms with E-state index in [1.54, 1.807) is 17.1 Å². The quantitative estimate of drug-likeness (QED) is 0.348. The minimum atomic E-state index is -0.103. The number of carbonyl (C=O) groups is 1. The van der Waals surface area contributed by atoms with Crippen molar-refractivity contribution in [3.05, 3.63) is 89.4 Å². The molecule has 0 radical (unpaired) electrons. The van der Waals surface area contributed by atoms with Crippen LogP contribution in [-0.4, -0.2) is 40.8 Å². The molecule has 0 bridgehead atoms. The second-order valence-corrected chi connectivity index (χ2v) is 9.64. The highest BCUT2D eigenvalue weighted by Crippen LogP contribution is 2.36. The summed E-state index contributed by atoms with van der Waals surface area (Å²) in [6.07, 6.45) is 4.48. The fourth-order valence-corrected chi connectivity index (χ4v) is 4.87. The largest absolute Gasteiger partial charge is 0.489 e. The Balaban J connectivity index is 1.39. The summed E-state index contributed by atoms with van der Waals surface area (Å²) in [5.74, 6) is 1.17. The van der Waals surface area contributed by atoms with E-state index >= 15 is 0 Å². The van der Waals surface area contributed by atoms with Gasteiger partial charge in [-0.3, -0.25) is 14.5 Å². The molecule has 7 nitrogen and oxygen atoms in total. The van der Waals surface area contributed by atoms with Crippen molar-refractivity contribution in [2.75, 3.05) is 20.1 Å². The Bertz CT molecular complexity index is 1380. The minimum absolute atomic E-state index is 0.103. The smallest absolute Gasteiger partial charge is 0.270 e. The van der Waals surface area contributed by atoms with Crippen molar-refractivity contribution < 1.29 is 9.53 Å². The van der Waals surface area contributed by atoms with Gasteiger partial charge in [0.1, 0.15) is 23.7 Å². The van der Waals surface area contributed by atoms with Crippen LogP contribution in [0.5, 0.6) is 5.75 Å². The van der Waals surface area contributed by atoms with Gasteiger partial charge in [-0.2, -0.15) is 5.10 Å². The predicted molar refractivity (Wildman–Crippen MR) is 146 cm³/mol. The maximum absolute atomic E-state index is 12.8. The molecular weight excluding hydrogens is 462 g/mol. The number of nitrogens with one attached hydrogen (secondary N) is 2. The maximum Gasteiger partial charge on any atom is 0.270 e. The number of nitrogens with zero attached hydrogens (tertiary/aromatic N) is 3. The maximum atomic E-state index is 12.8. The minimum Gasteiger partial charge on any atom is -0.489 e. The van der Waals surface area contributed by atoms with Crippen molar-refractivity contribution in [3.63, 3.8) is 0 Å². The zero-order chi connectivity index (χ0) is 25.8. The van der Waals surface area contributed by atoms with E-state index in [0.29, 0.717) is 31.3 Å². The number of pyridine rings is 1. The number of hydrogen-bond donors (Lipinski definition) is 2. The van der Waals surface area contributed by atoms with E-state index in [0.717, 1.165) is 46.7 Å². The molecule has 2 aromatic carbocycles. The lowest BCUT2D eigenvalue weighted by Crippen LogP contribution is -2.35. The van der Waals surface area contributed by atoms with E-state index in [2.05, 4.69) is 47.7 Å². The lowest BCUT2D eigenvalue weighted by Gasteiger charge is -2.16. The topological polar surface area (TPSA) is 81.1 Å². The number of hydrogen-bond acceptors (Lipinski definition) is 5. The SMILES string of the molecule is CNCCc1cc(COc2ccc(-c3c(-c4ccncc4)nn4c3C(=O)NCC4)cc2)ccc1C(C)C. The van der Waals surface area contributed by atoms with E-state index in [-0.39, 0.29) is 5.91 Å². The summed E-state index contributed by atoms with van der Waals surface area (Å²) >= 11 is 0. The molecule has 4 aromatic rings. The average Bonchev–Trinajstić information content (AvgIpc) is 3.32. The van der Waals surface area contributed by atoms with Gasteiger partial charge in [0.2, 0.25) is 0 Å². The molecule has 1 aliphatic rings. The van der Waals surface area contributed by atoms with E-state index in [1.807, 2.05) is 43.4 Å². The molecule has 0 saturated carbocycles. The Hall–Kier alpha value is -3.97. The predicted octanol–water partition coefficient (Wildman–Crippen LogP) is 4.82. The molecule has 190 valence electrons. The van der Waals surface area contributed by atoms with Crippen LogP contribution in [0.15, 0.2) is 67.0 Å². The Morgan fingerprint density at radius 2 is 1.84 bits per heavy atom. The van der Waals surface area contributed by atoms with Crippen LogP contribution in [-0.2, 0) is 19.6 Å². The molecule has 3 heterocycles. The molecule has 7 heteroatoms. The first-order valence-corrected chi connectivity index (χ1v) is 12.8. The van der Waals surface area contributed by atoms with Gasteiger partial charge in [-0.25, -0.2) is 0 Å². The van der Waals surface area contributed by atoms with Crippen LogP contribution >= 0.6 is 0 Å². The third kappa shape index (κ3) is 5.27. The van der Waals surface area contributed by atoms with Crippen LogP contribution in [0, 0.1) is 0 Å². The average molecular weight is 496 g/mol. The molecule has 0 saturated heterocycles. The molecule has 0 aliphatic carbocycles. The fourth-order valence-electron chi connectivity index (χ4n) is 4.87. The van der Waals surface area contributed by atoms with Crippen molar-refractivity contribution in [2.24, 2.45) is 0 Å². The van der Waals surface area contributed by atoms with Crippen LogP contribution in [0.3, 0.4) is 0 Å². The molecule has 5 rings (SSSR count). The van der Waals surface area contributed by atoms with Crippen molar-refractivity contribution >= 4 is 5.91 Å². The molecular formula is C30H33N5O2. The molecule has 2 N–H and O–H groups in total. The van der Waals surface area contributed by atoms with Crippen LogP contribution < -0.4 is 15.4 Å². The van der Waals surface area contributed by atoms with Gasteiger partial charge in [0, 0.05) is 30.1 Å². The van der Waals surface area contributed by atoms with Crippen molar-refractivity contribution in [1.82, 2.24) is 25.4 Å². The van der Waals surface area contributed by atoms with Crippen molar-refractivity contribution in [2.45, 2.75) is 39.3 Å². The molecule has 0 spiro atoms. The number of carbonyl (C=O) groups excluding carboxylic acids is 1. The van der Waals surface area contributed by atoms with E-state index in [9.17, 15) is 4.79 Å². The third-order valence-corrected chi connectivity index (χ3v) is 6.75. The highest BCUT2D eigenvalue weighted by molar-refractivity contribution is 6.03. The number of amides is 1. The van der Waals surface area contributed by atoms with Crippen LogP contribution in [0.25, 0.3) is 22.4 Å². The second-order valence-electron chi connectivity index (χ2n) is 9.64. The molecule has 0 atom stereocenters. The summed E-state index contributed by atoms with van der Waals surface area (Å²) in [5, 5.41) is 11.0.